The monoisotopic (exact) mass is 272 g/mol. The largest absolute Gasteiger partial charge is 0.605 e. The lowest BCUT2D eigenvalue weighted by atomic mass is 10.2. The Balaban J connectivity index is 2.21. The van der Waals surface area contributed by atoms with Crippen molar-refractivity contribution in [3.05, 3.63) is 60.3 Å². The molecule has 0 saturated heterocycles. The van der Waals surface area contributed by atoms with Gasteiger partial charge in [0.05, 0.1) is 18.2 Å². The average molecular weight is 272 g/mol. The van der Waals surface area contributed by atoms with Crippen LogP contribution in [0.25, 0.3) is 0 Å². The van der Waals surface area contributed by atoms with Crippen LogP contribution in [0.4, 0.5) is 4.79 Å². The Kier molecular flexibility index (Phi) is 4.44. The first-order valence-electron chi connectivity index (χ1n) is 6.17. The van der Waals surface area contributed by atoms with Gasteiger partial charge < -0.3 is 9.47 Å². The minimum atomic E-state index is -0.594. The molecule has 1 aromatic heterocycles. The molecule has 5 nitrogen and oxygen atoms in total. The number of rotatable bonds is 3. The van der Waals surface area contributed by atoms with Gasteiger partial charge in [0.1, 0.15) is 0 Å². The van der Waals surface area contributed by atoms with E-state index in [-0.39, 0.29) is 12.5 Å². The molecule has 0 aliphatic rings. The summed E-state index contributed by atoms with van der Waals surface area (Å²) in [7, 11) is 0. The second-order valence-electron chi connectivity index (χ2n) is 3.86. The quantitative estimate of drug-likeness (QED) is 0.635. The molecular formula is C15H14NO4+. The van der Waals surface area contributed by atoms with Crippen LogP contribution in [0, 0.1) is 0 Å². The smallest absolute Gasteiger partial charge is 0.412 e. The molecule has 0 bridgehead atoms. The van der Waals surface area contributed by atoms with Gasteiger partial charge in [-0.1, -0.05) is 22.8 Å². The maximum atomic E-state index is 12.0. The third-order valence-corrected chi connectivity index (χ3v) is 2.49. The number of pyridine rings is 1. The number of carbonyl (C=O) groups excluding carboxylic acids is 2. The summed E-state index contributed by atoms with van der Waals surface area (Å²) >= 11 is 0. The number of hydrogen-bond donors (Lipinski definition) is 0. The molecule has 0 unspecified atom stereocenters. The number of esters is 1. The van der Waals surface area contributed by atoms with Crippen molar-refractivity contribution in [3.63, 3.8) is 0 Å². The topological polar surface area (TPSA) is 56.5 Å². The molecule has 102 valence electrons. The highest BCUT2D eigenvalue weighted by Gasteiger charge is 2.24. The van der Waals surface area contributed by atoms with Gasteiger partial charge in [0, 0.05) is 6.07 Å². The lowest BCUT2D eigenvalue weighted by molar-refractivity contribution is -0.591. The van der Waals surface area contributed by atoms with Gasteiger partial charge in [0.2, 0.25) is 0 Å². The number of aromatic nitrogens is 1. The van der Waals surface area contributed by atoms with Crippen molar-refractivity contribution >= 4 is 12.1 Å². The zero-order valence-corrected chi connectivity index (χ0v) is 11.0. The lowest BCUT2D eigenvalue weighted by Crippen LogP contribution is -2.44. The molecule has 5 heteroatoms. The SMILES string of the molecule is CCOC(=O)[n+]1ccccc1OC(=O)c1ccccc1. The molecule has 1 heterocycles. The van der Waals surface area contributed by atoms with E-state index < -0.39 is 12.1 Å². The standard InChI is InChI=1S/C15H14NO4/c1-2-19-15(18)16-11-7-6-10-13(16)20-14(17)12-8-4-3-5-9-12/h3-11H,2H2,1H3/q+1. The summed E-state index contributed by atoms with van der Waals surface area (Å²) in [5.41, 5.74) is 0.409. The third kappa shape index (κ3) is 3.20. The molecule has 0 fully saturated rings. The first-order valence-corrected chi connectivity index (χ1v) is 6.17. The zero-order valence-electron chi connectivity index (χ0n) is 11.0. The van der Waals surface area contributed by atoms with Gasteiger partial charge in [-0.15, -0.1) is 0 Å². The van der Waals surface area contributed by atoms with Crippen molar-refractivity contribution in [2.45, 2.75) is 6.92 Å². The van der Waals surface area contributed by atoms with Crippen LogP contribution in [-0.2, 0) is 4.74 Å². The van der Waals surface area contributed by atoms with Crippen molar-refractivity contribution in [2.24, 2.45) is 0 Å². The number of carbonyl (C=O) groups is 2. The molecule has 0 radical (unpaired) electrons. The van der Waals surface area contributed by atoms with E-state index in [9.17, 15) is 9.59 Å². The molecule has 0 amide bonds. The fourth-order valence-corrected chi connectivity index (χ4v) is 1.58. The summed E-state index contributed by atoms with van der Waals surface area (Å²) in [6.45, 7) is 1.95. The molecule has 1 aromatic carbocycles. The number of ether oxygens (including phenoxy) is 2. The molecule has 0 spiro atoms. The summed E-state index contributed by atoms with van der Waals surface area (Å²) in [6.07, 6.45) is 0.884. The first-order chi connectivity index (χ1) is 9.72. The van der Waals surface area contributed by atoms with E-state index in [0.29, 0.717) is 5.56 Å². The van der Waals surface area contributed by atoms with Crippen LogP contribution in [0.15, 0.2) is 54.7 Å². The van der Waals surface area contributed by atoms with Crippen LogP contribution in [0.1, 0.15) is 17.3 Å². The van der Waals surface area contributed by atoms with E-state index in [1.807, 2.05) is 0 Å². The second kappa shape index (κ2) is 6.47. The van der Waals surface area contributed by atoms with E-state index in [4.69, 9.17) is 9.47 Å². The first kappa shape index (κ1) is 13.7. The highest BCUT2D eigenvalue weighted by Crippen LogP contribution is 2.07. The molecule has 0 N–H and O–H groups in total. The van der Waals surface area contributed by atoms with Gasteiger partial charge in [-0.3, -0.25) is 0 Å². The summed E-state index contributed by atoms with van der Waals surface area (Å²) in [5, 5.41) is 0. The minimum absolute atomic E-state index is 0.111. The van der Waals surface area contributed by atoms with Crippen molar-refractivity contribution in [3.8, 4) is 5.88 Å². The summed E-state index contributed by atoms with van der Waals surface area (Å²) < 4.78 is 11.3. The molecule has 0 atom stereocenters. The average Bonchev–Trinajstić information content (AvgIpc) is 2.49. The van der Waals surface area contributed by atoms with Gasteiger partial charge in [0.15, 0.2) is 6.20 Å². The second-order valence-corrected chi connectivity index (χ2v) is 3.86. The van der Waals surface area contributed by atoms with Gasteiger partial charge in [-0.25, -0.2) is 4.79 Å². The van der Waals surface area contributed by atoms with E-state index in [1.165, 1.54) is 12.3 Å². The highest BCUT2D eigenvalue weighted by atomic mass is 16.6. The van der Waals surface area contributed by atoms with Crippen LogP contribution >= 0.6 is 0 Å². The zero-order chi connectivity index (χ0) is 14.4. The molecule has 20 heavy (non-hydrogen) atoms. The van der Waals surface area contributed by atoms with Crippen LogP contribution in [-0.4, -0.2) is 18.7 Å². The van der Waals surface area contributed by atoms with E-state index >= 15 is 0 Å². The molecule has 0 saturated carbocycles. The van der Waals surface area contributed by atoms with E-state index in [2.05, 4.69) is 0 Å². The minimum Gasteiger partial charge on any atom is -0.412 e. The normalized spacial score (nSPS) is 9.85. The Labute approximate surface area is 116 Å². The lowest BCUT2D eigenvalue weighted by Gasteiger charge is -2.03. The Bertz CT molecular complexity index is 610. The third-order valence-electron chi connectivity index (χ3n) is 2.49. The van der Waals surface area contributed by atoms with Crippen LogP contribution < -0.4 is 9.30 Å². The van der Waals surface area contributed by atoms with Gasteiger partial charge in [0.25, 0.3) is 0 Å². The van der Waals surface area contributed by atoms with Crippen molar-refractivity contribution in [1.29, 1.82) is 0 Å². The van der Waals surface area contributed by atoms with Crippen molar-refractivity contribution in [2.75, 3.05) is 6.61 Å². The predicted octanol–water partition coefficient (Wildman–Crippen LogP) is 2.20. The van der Waals surface area contributed by atoms with E-state index in [1.54, 1.807) is 49.4 Å². The number of hydrogen-bond acceptors (Lipinski definition) is 4. The Morgan fingerprint density at radius 1 is 1.05 bits per heavy atom. The van der Waals surface area contributed by atoms with Crippen LogP contribution in [0.3, 0.4) is 0 Å². The maximum Gasteiger partial charge on any atom is 0.605 e. The Hall–Kier alpha value is -2.69. The highest BCUT2D eigenvalue weighted by molar-refractivity contribution is 5.90. The number of benzene rings is 1. The number of nitrogens with zero attached hydrogens (tertiary/aromatic N) is 1. The summed E-state index contributed by atoms with van der Waals surface area (Å²) in [4.78, 5) is 23.7. The van der Waals surface area contributed by atoms with Crippen molar-refractivity contribution in [1.82, 2.24) is 0 Å². The van der Waals surface area contributed by atoms with Crippen molar-refractivity contribution < 1.29 is 23.6 Å². The molecule has 2 aromatic rings. The van der Waals surface area contributed by atoms with Gasteiger partial charge in [-0.2, -0.15) is 4.79 Å². The summed E-state index contributed by atoms with van der Waals surface area (Å²) in [6, 6.07) is 13.4. The van der Waals surface area contributed by atoms with Gasteiger partial charge in [-0.05, 0) is 25.1 Å². The predicted molar refractivity (Wildman–Crippen MR) is 70.5 cm³/mol. The summed E-state index contributed by atoms with van der Waals surface area (Å²) in [5.74, 6) is -0.422. The van der Waals surface area contributed by atoms with Gasteiger partial charge >= 0.3 is 17.9 Å². The maximum absolute atomic E-state index is 12.0. The Morgan fingerprint density at radius 2 is 1.75 bits per heavy atom. The Morgan fingerprint density at radius 3 is 2.45 bits per heavy atom. The molecule has 0 aliphatic carbocycles. The molecule has 2 rings (SSSR count). The van der Waals surface area contributed by atoms with E-state index in [0.717, 1.165) is 4.57 Å². The van der Waals surface area contributed by atoms with Crippen LogP contribution in [0.2, 0.25) is 0 Å². The molecule has 0 aliphatic heterocycles. The van der Waals surface area contributed by atoms with Crippen LogP contribution in [0.5, 0.6) is 5.88 Å². The molecular weight excluding hydrogens is 258 g/mol. The fraction of sp³-hybridized carbons (Fsp3) is 0.133. The fourth-order valence-electron chi connectivity index (χ4n) is 1.58.